The molecule has 0 spiro atoms. The van der Waals surface area contributed by atoms with E-state index in [1.807, 2.05) is 19.9 Å². The Morgan fingerprint density at radius 2 is 2.15 bits per heavy atom. The summed E-state index contributed by atoms with van der Waals surface area (Å²) in [5.74, 6) is -1.52. The van der Waals surface area contributed by atoms with Crippen molar-refractivity contribution < 1.29 is 18.3 Å². The number of carboxylic acid groups (broad SMARTS) is 1. The van der Waals surface area contributed by atoms with Crippen molar-refractivity contribution in [2.75, 3.05) is 6.54 Å². The van der Waals surface area contributed by atoms with Crippen LogP contribution in [0.4, 0.5) is 0 Å². The van der Waals surface area contributed by atoms with Crippen LogP contribution in [-0.4, -0.2) is 36.4 Å². The molecule has 0 bridgehead atoms. The molecule has 1 aromatic rings. The Morgan fingerprint density at radius 3 is 2.70 bits per heavy atom. The zero-order valence-corrected chi connectivity index (χ0v) is 13.2. The van der Waals surface area contributed by atoms with Crippen molar-refractivity contribution in [2.45, 2.75) is 43.4 Å². The van der Waals surface area contributed by atoms with E-state index in [1.54, 1.807) is 6.07 Å². The van der Waals surface area contributed by atoms with Crippen LogP contribution in [0.5, 0.6) is 0 Å². The number of nitrogens with zero attached hydrogens (tertiary/aromatic N) is 1. The Bertz CT molecular complexity index is 593. The first-order chi connectivity index (χ1) is 9.36. The molecule has 7 heteroatoms. The summed E-state index contributed by atoms with van der Waals surface area (Å²) in [6, 6.07) is 3.29. The van der Waals surface area contributed by atoms with E-state index in [2.05, 4.69) is 0 Å². The monoisotopic (exact) mass is 317 g/mol. The van der Waals surface area contributed by atoms with E-state index in [1.165, 1.54) is 15.6 Å². The average molecular weight is 317 g/mol. The number of carboxylic acids is 1. The molecule has 0 radical (unpaired) electrons. The molecule has 1 aliphatic heterocycles. The van der Waals surface area contributed by atoms with E-state index < -0.39 is 21.9 Å². The van der Waals surface area contributed by atoms with Gasteiger partial charge in [-0.15, -0.1) is 11.3 Å². The summed E-state index contributed by atoms with van der Waals surface area (Å²) in [5, 5.41) is 9.10. The third-order valence-corrected chi connectivity index (χ3v) is 7.40. The second-order valence-corrected chi connectivity index (χ2v) is 8.40. The number of thiophene rings is 1. The van der Waals surface area contributed by atoms with Crippen LogP contribution in [0.1, 0.15) is 31.6 Å². The summed E-state index contributed by atoms with van der Waals surface area (Å²) in [6.07, 6.45) is 1.92. The van der Waals surface area contributed by atoms with Crippen LogP contribution < -0.4 is 0 Å². The molecule has 2 atom stereocenters. The van der Waals surface area contributed by atoms with Gasteiger partial charge in [0.15, 0.2) is 0 Å². The molecule has 20 heavy (non-hydrogen) atoms. The maximum Gasteiger partial charge on any atom is 0.307 e. The molecule has 0 saturated carbocycles. The Labute approximate surface area is 123 Å². The molecule has 1 fully saturated rings. The number of carbonyl (C=O) groups is 1. The number of hydrogen-bond acceptors (Lipinski definition) is 4. The Morgan fingerprint density at radius 1 is 1.45 bits per heavy atom. The second-order valence-electron chi connectivity index (χ2n) is 5.11. The highest BCUT2D eigenvalue weighted by Gasteiger charge is 2.37. The van der Waals surface area contributed by atoms with Gasteiger partial charge in [0.25, 0.3) is 10.0 Å². The van der Waals surface area contributed by atoms with Crippen molar-refractivity contribution in [1.82, 2.24) is 4.31 Å². The summed E-state index contributed by atoms with van der Waals surface area (Å²) < 4.78 is 26.9. The first-order valence-electron chi connectivity index (χ1n) is 6.69. The Kier molecular flexibility index (Phi) is 4.51. The van der Waals surface area contributed by atoms with Gasteiger partial charge in [0.05, 0.1) is 5.92 Å². The largest absolute Gasteiger partial charge is 0.481 e. The number of rotatable bonds is 4. The highest BCUT2D eigenvalue weighted by Crippen LogP contribution is 2.31. The van der Waals surface area contributed by atoms with Crippen LogP contribution in [0.25, 0.3) is 0 Å². The molecule has 1 aromatic heterocycles. The number of aryl methyl sites for hydroxylation is 1. The maximum absolute atomic E-state index is 12.6. The summed E-state index contributed by atoms with van der Waals surface area (Å²) in [5.41, 5.74) is 0. The molecular formula is C13H19NO4S2. The third kappa shape index (κ3) is 2.89. The fraction of sp³-hybridized carbons (Fsp3) is 0.615. The quantitative estimate of drug-likeness (QED) is 0.923. The SMILES string of the molecule is CCc1ccc(S(=O)(=O)N2CC(C(=O)O)CCC2C)s1. The molecule has 1 aliphatic rings. The smallest absolute Gasteiger partial charge is 0.307 e. The van der Waals surface area contributed by atoms with Gasteiger partial charge in [-0.1, -0.05) is 6.92 Å². The van der Waals surface area contributed by atoms with Gasteiger partial charge in [0.2, 0.25) is 0 Å². The number of aliphatic carboxylic acids is 1. The lowest BCUT2D eigenvalue weighted by Crippen LogP contribution is -2.47. The minimum absolute atomic E-state index is 0.0677. The van der Waals surface area contributed by atoms with Gasteiger partial charge in [0, 0.05) is 17.5 Å². The Balaban J connectivity index is 2.29. The molecule has 1 N–H and O–H groups in total. The van der Waals surface area contributed by atoms with Crippen molar-refractivity contribution in [3.63, 3.8) is 0 Å². The van der Waals surface area contributed by atoms with Crippen LogP contribution in [0, 0.1) is 5.92 Å². The number of sulfonamides is 1. The fourth-order valence-corrected chi connectivity index (χ4v) is 5.54. The lowest BCUT2D eigenvalue weighted by molar-refractivity contribution is -0.143. The molecule has 1 saturated heterocycles. The molecule has 0 amide bonds. The average Bonchev–Trinajstić information content (AvgIpc) is 2.88. The van der Waals surface area contributed by atoms with Crippen LogP contribution in [-0.2, 0) is 21.2 Å². The van der Waals surface area contributed by atoms with Crippen LogP contribution >= 0.6 is 11.3 Å². The van der Waals surface area contributed by atoms with Crippen LogP contribution in [0.3, 0.4) is 0 Å². The minimum atomic E-state index is -3.58. The standard InChI is InChI=1S/C13H19NO4S2/c1-3-11-6-7-12(19-11)20(17,18)14-8-10(13(15)16)5-4-9(14)2/h6-7,9-10H,3-5,8H2,1-2H3,(H,15,16). The summed E-state index contributed by atoms with van der Waals surface area (Å²) in [4.78, 5) is 12.1. The first kappa shape index (κ1) is 15.5. The first-order valence-corrected chi connectivity index (χ1v) is 8.95. The highest BCUT2D eigenvalue weighted by molar-refractivity contribution is 7.91. The number of piperidine rings is 1. The van der Waals surface area contributed by atoms with E-state index in [-0.39, 0.29) is 12.6 Å². The van der Waals surface area contributed by atoms with Gasteiger partial charge in [-0.2, -0.15) is 4.31 Å². The molecule has 0 aromatic carbocycles. The van der Waals surface area contributed by atoms with Gasteiger partial charge in [-0.25, -0.2) is 8.42 Å². The molecule has 112 valence electrons. The minimum Gasteiger partial charge on any atom is -0.481 e. The zero-order valence-electron chi connectivity index (χ0n) is 11.6. The normalized spacial score (nSPS) is 24.7. The Hall–Kier alpha value is -0.920. The third-order valence-electron chi connectivity index (χ3n) is 3.72. The lowest BCUT2D eigenvalue weighted by Gasteiger charge is -2.34. The number of hydrogen-bond donors (Lipinski definition) is 1. The van der Waals surface area contributed by atoms with Gasteiger partial charge >= 0.3 is 5.97 Å². The predicted molar refractivity (Wildman–Crippen MR) is 77.4 cm³/mol. The van der Waals surface area contributed by atoms with Crippen molar-refractivity contribution in [1.29, 1.82) is 0 Å². The molecular weight excluding hydrogens is 298 g/mol. The lowest BCUT2D eigenvalue weighted by atomic mass is 9.96. The van der Waals surface area contributed by atoms with Crippen molar-refractivity contribution in [3.05, 3.63) is 17.0 Å². The van der Waals surface area contributed by atoms with Gasteiger partial charge in [-0.05, 0) is 38.3 Å². The van der Waals surface area contributed by atoms with E-state index in [0.717, 1.165) is 11.3 Å². The molecule has 2 rings (SSSR count). The van der Waals surface area contributed by atoms with Gasteiger partial charge in [0.1, 0.15) is 4.21 Å². The van der Waals surface area contributed by atoms with E-state index >= 15 is 0 Å². The van der Waals surface area contributed by atoms with E-state index in [9.17, 15) is 13.2 Å². The second kappa shape index (κ2) is 5.83. The highest BCUT2D eigenvalue weighted by atomic mass is 32.2. The fourth-order valence-electron chi connectivity index (χ4n) is 2.41. The van der Waals surface area contributed by atoms with Gasteiger partial charge < -0.3 is 5.11 Å². The summed E-state index contributed by atoms with van der Waals surface area (Å²) in [7, 11) is -3.58. The van der Waals surface area contributed by atoms with E-state index in [4.69, 9.17) is 5.11 Å². The van der Waals surface area contributed by atoms with Crippen molar-refractivity contribution >= 4 is 27.3 Å². The summed E-state index contributed by atoms with van der Waals surface area (Å²) in [6.45, 7) is 3.88. The molecule has 2 heterocycles. The van der Waals surface area contributed by atoms with Crippen molar-refractivity contribution in [2.24, 2.45) is 5.92 Å². The topological polar surface area (TPSA) is 74.7 Å². The van der Waals surface area contributed by atoms with Gasteiger partial charge in [-0.3, -0.25) is 4.79 Å². The summed E-state index contributed by atoms with van der Waals surface area (Å²) >= 11 is 1.27. The van der Waals surface area contributed by atoms with Crippen LogP contribution in [0.15, 0.2) is 16.3 Å². The predicted octanol–water partition coefficient (Wildman–Crippen LogP) is 2.18. The van der Waals surface area contributed by atoms with E-state index in [0.29, 0.717) is 17.1 Å². The maximum atomic E-state index is 12.6. The van der Waals surface area contributed by atoms with Crippen molar-refractivity contribution in [3.8, 4) is 0 Å². The zero-order chi connectivity index (χ0) is 14.9. The molecule has 2 unspecified atom stereocenters. The molecule has 5 nitrogen and oxygen atoms in total. The van der Waals surface area contributed by atoms with Crippen LogP contribution in [0.2, 0.25) is 0 Å². The molecule has 0 aliphatic carbocycles.